The maximum Gasteiger partial charge on any atom is 1.00 e. The molecule has 0 aliphatic heterocycles. The predicted molar refractivity (Wildman–Crippen MR) is 89.5 cm³/mol. The van der Waals surface area contributed by atoms with Crippen LogP contribution in [0.4, 0.5) is 0 Å². The molecule has 11 heteroatoms. The molecule has 27 heavy (non-hydrogen) atoms. The first-order valence-electron chi connectivity index (χ1n) is 7.49. The third-order valence-electron chi connectivity index (χ3n) is 3.36. The number of para-hydroxylation sites is 1. The molecule has 0 fully saturated rings. The van der Waals surface area contributed by atoms with E-state index in [1.54, 1.807) is 12.1 Å². The van der Waals surface area contributed by atoms with Crippen LogP contribution in [0.3, 0.4) is 0 Å². The molecule has 0 heterocycles. The van der Waals surface area contributed by atoms with E-state index in [-0.39, 0.29) is 109 Å². The molecule has 0 saturated carbocycles. The molecule has 2 rings (SSSR count). The second-order valence-electron chi connectivity index (χ2n) is 5.24. The Balaban J connectivity index is 0.00000338. The van der Waals surface area contributed by atoms with Gasteiger partial charge >= 0.3 is 103 Å². The van der Waals surface area contributed by atoms with Crippen LogP contribution in [0.1, 0.15) is 18.4 Å². The second-order valence-corrected chi connectivity index (χ2v) is 7.49. The normalized spacial score (nSPS) is 13.0. The zero-order chi connectivity index (χ0) is 18.3. The average Bonchev–Trinajstić information content (AvgIpc) is 2.55. The molecule has 2 atom stereocenters. The van der Waals surface area contributed by atoms with E-state index in [2.05, 4.69) is 4.52 Å². The van der Waals surface area contributed by atoms with Crippen LogP contribution in [0.15, 0.2) is 54.6 Å². The molecule has 0 saturated heterocycles. The van der Waals surface area contributed by atoms with Gasteiger partial charge in [-0.2, -0.15) is 0 Å². The van der Waals surface area contributed by atoms with Gasteiger partial charge in [0.15, 0.2) is 5.44 Å². The van der Waals surface area contributed by atoms with Crippen molar-refractivity contribution in [2.75, 3.05) is 0 Å². The summed E-state index contributed by atoms with van der Waals surface area (Å²) in [6.45, 7) is 0. The molecule has 136 valence electrons. The Labute approximate surface area is 244 Å². The maximum absolute atomic E-state index is 11.0. The van der Waals surface area contributed by atoms with Crippen molar-refractivity contribution >= 4 is 18.4 Å². The third kappa shape index (κ3) is 11.5. The molecular formula is C16H17K2O7PS. The van der Waals surface area contributed by atoms with Crippen LogP contribution < -0.4 is 112 Å². The summed E-state index contributed by atoms with van der Waals surface area (Å²) in [5.74, 6) is 1.37. The number of hydrogen-bond donors (Lipinski definition) is 0. The van der Waals surface area contributed by atoms with Gasteiger partial charge in [0.25, 0.3) is 0 Å². The molecule has 0 amide bonds. The van der Waals surface area contributed by atoms with Crippen LogP contribution in [0, 0.1) is 0 Å². The summed E-state index contributed by atoms with van der Waals surface area (Å²) < 4.78 is 53.3. The van der Waals surface area contributed by atoms with E-state index in [9.17, 15) is 22.4 Å². The third-order valence-corrected chi connectivity index (χ3v) is 4.98. The van der Waals surface area contributed by atoms with Gasteiger partial charge in [0.05, 0.1) is 0 Å². The number of ether oxygens (including phenoxy) is 1. The van der Waals surface area contributed by atoms with Crippen LogP contribution in [0.2, 0.25) is 0 Å². The van der Waals surface area contributed by atoms with Gasteiger partial charge < -0.3 is 23.3 Å². The van der Waals surface area contributed by atoms with Crippen LogP contribution in [0.5, 0.6) is 11.5 Å². The maximum atomic E-state index is 11.0. The van der Waals surface area contributed by atoms with Crippen LogP contribution >= 0.6 is 8.25 Å². The van der Waals surface area contributed by atoms with Crippen molar-refractivity contribution in [3.8, 4) is 11.5 Å². The Morgan fingerprint density at radius 1 is 0.963 bits per heavy atom. The molecule has 7 nitrogen and oxygen atoms in total. The van der Waals surface area contributed by atoms with E-state index in [4.69, 9.17) is 4.74 Å². The number of rotatable bonds is 9. The second kappa shape index (κ2) is 14.6. The number of aryl methyl sites for hydroxylation is 1. The minimum absolute atomic E-state index is 0. The van der Waals surface area contributed by atoms with Crippen molar-refractivity contribution < 1.29 is 134 Å². The van der Waals surface area contributed by atoms with E-state index >= 15 is 0 Å². The van der Waals surface area contributed by atoms with Gasteiger partial charge in [-0.05, 0) is 49.1 Å². The van der Waals surface area contributed by atoms with E-state index < -0.39 is 23.8 Å². The van der Waals surface area contributed by atoms with Crippen LogP contribution in [-0.4, -0.2) is 18.4 Å². The van der Waals surface area contributed by atoms with Gasteiger partial charge in [-0.3, -0.25) is 0 Å². The van der Waals surface area contributed by atoms with Gasteiger partial charge in [0.2, 0.25) is 0 Å². The van der Waals surface area contributed by atoms with E-state index in [0.717, 1.165) is 5.56 Å². The average molecular weight is 463 g/mol. The Morgan fingerprint density at radius 2 is 1.52 bits per heavy atom. The fourth-order valence-corrected chi connectivity index (χ4v) is 3.69. The van der Waals surface area contributed by atoms with Gasteiger partial charge in [0, 0.05) is 0 Å². The smallest absolute Gasteiger partial charge is 0.781 e. The van der Waals surface area contributed by atoms with Gasteiger partial charge in [-0.25, -0.2) is 8.42 Å². The van der Waals surface area contributed by atoms with Gasteiger partial charge in [-0.15, -0.1) is 0 Å². The van der Waals surface area contributed by atoms with Gasteiger partial charge in [0.1, 0.15) is 29.9 Å². The Kier molecular flexibility index (Phi) is 15.4. The first-order chi connectivity index (χ1) is 11.8. The van der Waals surface area contributed by atoms with Gasteiger partial charge in [-0.1, -0.05) is 30.3 Å². The fourth-order valence-electron chi connectivity index (χ4n) is 2.19. The Hall–Kier alpha value is 1.57. The molecule has 0 radical (unpaired) electrons. The first kappa shape index (κ1) is 28.6. The summed E-state index contributed by atoms with van der Waals surface area (Å²) >= 11 is 0. The predicted octanol–water partition coefficient (Wildman–Crippen LogP) is -3.55. The fraction of sp³-hybridized carbons (Fsp3) is 0.250. The SMILES string of the molecule is O=[PH]([O-])OC(CCCc1ccc(Oc2ccccc2)cc1)S(=O)(=O)[O-].[K+].[K+]. The zero-order valence-corrected chi connectivity index (χ0v) is 23.2. The zero-order valence-electron chi connectivity index (χ0n) is 15.2. The molecule has 2 unspecified atom stereocenters. The summed E-state index contributed by atoms with van der Waals surface area (Å²) in [6.07, 6.45) is 0.577. The molecular weight excluding hydrogens is 445 g/mol. The van der Waals surface area contributed by atoms with Crippen LogP contribution in [0.25, 0.3) is 0 Å². The van der Waals surface area contributed by atoms with Crippen molar-refractivity contribution in [3.63, 3.8) is 0 Å². The molecule has 2 aromatic carbocycles. The molecule has 0 N–H and O–H groups in total. The largest absolute Gasteiger partial charge is 1.00 e. The molecule has 0 spiro atoms. The standard InChI is InChI=1S/C16H19O7PS.2K/c17-24(18)23-16(25(19,20)21)8-4-5-13-9-11-15(12-10-13)22-14-6-2-1-3-7-14;;/h1-3,6-7,9-12,16,24H,4-5,8H2,(H,17,18)(H,19,20,21);;/q;2*+1/p-2. The molecule has 0 aliphatic rings. The quantitative estimate of drug-likeness (QED) is 0.215. The summed E-state index contributed by atoms with van der Waals surface area (Å²) in [5.41, 5.74) is -0.964. The minimum Gasteiger partial charge on any atom is -0.781 e. The number of hydrogen-bond acceptors (Lipinski definition) is 7. The number of benzene rings is 2. The van der Waals surface area contributed by atoms with E-state index in [1.807, 2.05) is 42.5 Å². The topological polar surface area (TPSA) is 116 Å². The Morgan fingerprint density at radius 3 is 2.04 bits per heavy atom. The van der Waals surface area contributed by atoms with Crippen molar-refractivity contribution in [2.45, 2.75) is 24.7 Å². The van der Waals surface area contributed by atoms with Crippen molar-refractivity contribution in [3.05, 3.63) is 60.2 Å². The minimum atomic E-state index is -4.82. The molecule has 0 aromatic heterocycles. The molecule has 0 aliphatic carbocycles. The van der Waals surface area contributed by atoms with Crippen molar-refractivity contribution in [2.24, 2.45) is 0 Å². The summed E-state index contributed by atoms with van der Waals surface area (Å²) in [6, 6.07) is 16.5. The first-order valence-corrected chi connectivity index (χ1v) is 10.2. The summed E-state index contributed by atoms with van der Waals surface area (Å²) in [4.78, 5) is 10.5. The Bertz CT molecular complexity index is 801. The summed E-state index contributed by atoms with van der Waals surface area (Å²) in [5, 5.41) is 0. The van der Waals surface area contributed by atoms with Crippen LogP contribution in [-0.2, 0) is 25.6 Å². The summed E-state index contributed by atoms with van der Waals surface area (Å²) in [7, 11) is -8.56. The van der Waals surface area contributed by atoms with Crippen molar-refractivity contribution in [1.82, 2.24) is 0 Å². The molecule has 2 aromatic rings. The van der Waals surface area contributed by atoms with E-state index in [0.29, 0.717) is 24.3 Å². The monoisotopic (exact) mass is 462 g/mol. The van der Waals surface area contributed by atoms with Crippen molar-refractivity contribution in [1.29, 1.82) is 0 Å². The van der Waals surface area contributed by atoms with E-state index in [1.165, 1.54) is 0 Å². The molecule has 0 bridgehead atoms.